The SMILES string of the molecule is Cc1ccc(-c2ccc3nc(-c4ccc(C#N)cc4)c(CN4CCCNCC4)n3c2)[nH]1. The molecule has 0 spiro atoms. The summed E-state index contributed by atoms with van der Waals surface area (Å²) in [5.74, 6) is 0. The quantitative estimate of drug-likeness (QED) is 0.534. The summed E-state index contributed by atoms with van der Waals surface area (Å²) in [6.45, 7) is 7.09. The molecule has 1 fully saturated rings. The van der Waals surface area contributed by atoms with Crippen molar-refractivity contribution in [2.24, 2.45) is 0 Å². The third kappa shape index (κ3) is 3.98. The summed E-state index contributed by atoms with van der Waals surface area (Å²) in [6, 6.07) is 18.4. The number of H-pyrrole nitrogens is 1. The first-order valence-electron chi connectivity index (χ1n) is 10.8. The van der Waals surface area contributed by atoms with Crippen LogP contribution in [0.2, 0.25) is 0 Å². The number of nitriles is 1. The topological polar surface area (TPSA) is 72.2 Å². The van der Waals surface area contributed by atoms with Crippen molar-refractivity contribution in [1.82, 2.24) is 24.6 Å². The molecule has 0 amide bonds. The van der Waals surface area contributed by atoms with Gasteiger partial charge < -0.3 is 14.7 Å². The highest BCUT2D eigenvalue weighted by atomic mass is 15.2. The van der Waals surface area contributed by atoms with Crippen molar-refractivity contribution < 1.29 is 0 Å². The second-order valence-electron chi connectivity index (χ2n) is 8.18. The van der Waals surface area contributed by atoms with Crippen LogP contribution in [0.3, 0.4) is 0 Å². The van der Waals surface area contributed by atoms with E-state index in [9.17, 15) is 0 Å². The molecule has 1 aliphatic heterocycles. The largest absolute Gasteiger partial charge is 0.359 e. The minimum absolute atomic E-state index is 0.664. The van der Waals surface area contributed by atoms with Crippen molar-refractivity contribution in [2.45, 2.75) is 19.9 Å². The van der Waals surface area contributed by atoms with Gasteiger partial charge in [0.2, 0.25) is 0 Å². The average molecular weight is 411 g/mol. The Hall–Kier alpha value is -3.40. The molecule has 0 saturated carbocycles. The molecular formula is C25H26N6. The third-order valence-corrected chi connectivity index (χ3v) is 5.95. The standard InChI is InChI=1S/C25H26N6/c1-18-3-9-22(28-18)21-8-10-24-29-25(20-6-4-19(15-26)5-7-20)23(31(24)16-21)17-30-13-2-11-27-12-14-30/h3-10,16,27-28H,2,11-14,17H2,1H3. The van der Waals surface area contributed by atoms with Gasteiger partial charge in [0.05, 0.1) is 23.0 Å². The van der Waals surface area contributed by atoms with Crippen molar-refractivity contribution in [2.75, 3.05) is 26.2 Å². The summed E-state index contributed by atoms with van der Waals surface area (Å²) in [6.07, 6.45) is 3.34. The number of aromatic nitrogens is 3. The number of rotatable bonds is 4. The number of benzene rings is 1. The lowest BCUT2D eigenvalue weighted by atomic mass is 10.1. The van der Waals surface area contributed by atoms with Crippen LogP contribution in [0.25, 0.3) is 28.2 Å². The third-order valence-electron chi connectivity index (χ3n) is 5.95. The zero-order chi connectivity index (χ0) is 21.2. The van der Waals surface area contributed by atoms with Gasteiger partial charge in [-0.25, -0.2) is 4.98 Å². The number of hydrogen-bond acceptors (Lipinski definition) is 4. The predicted molar refractivity (Wildman–Crippen MR) is 123 cm³/mol. The number of fused-ring (bicyclic) bond motifs is 1. The number of imidazole rings is 1. The minimum atomic E-state index is 0.664. The number of nitrogens with one attached hydrogen (secondary N) is 2. The lowest BCUT2D eigenvalue weighted by molar-refractivity contribution is 0.281. The number of aromatic amines is 1. The molecule has 0 aliphatic carbocycles. The van der Waals surface area contributed by atoms with Gasteiger partial charge in [-0.15, -0.1) is 0 Å². The maximum atomic E-state index is 9.17. The first kappa shape index (κ1) is 19.6. The molecule has 3 aromatic heterocycles. The zero-order valence-corrected chi connectivity index (χ0v) is 17.7. The average Bonchev–Trinajstić information content (AvgIpc) is 3.28. The Morgan fingerprint density at radius 2 is 1.84 bits per heavy atom. The Balaban J connectivity index is 1.62. The Labute approximate surface area is 182 Å². The highest BCUT2D eigenvalue weighted by Gasteiger charge is 2.19. The van der Waals surface area contributed by atoms with Gasteiger partial charge in [-0.2, -0.15) is 5.26 Å². The van der Waals surface area contributed by atoms with E-state index in [4.69, 9.17) is 10.2 Å². The monoisotopic (exact) mass is 410 g/mol. The molecule has 0 bridgehead atoms. The molecule has 0 atom stereocenters. The molecule has 2 N–H and O–H groups in total. The van der Waals surface area contributed by atoms with Crippen molar-refractivity contribution in [3.8, 4) is 28.6 Å². The first-order chi connectivity index (χ1) is 15.2. The molecule has 156 valence electrons. The predicted octanol–water partition coefficient (Wildman–Crippen LogP) is 3.97. The van der Waals surface area contributed by atoms with E-state index in [1.165, 1.54) is 5.69 Å². The van der Waals surface area contributed by atoms with Gasteiger partial charge in [-0.1, -0.05) is 12.1 Å². The molecule has 1 aliphatic rings. The smallest absolute Gasteiger partial charge is 0.137 e. The van der Waals surface area contributed by atoms with Gasteiger partial charge in [-0.3, -0.25) is 4.90 Å². The van der Waals surface area contributed by atoms with Crippen molar-refractivity contribution in [3.05, 3.63) is 71.7 Å². The van der Waals surface area contributed by atoms with E-state index in [1.54, 1.807) is 0 Å². The summed E-state index contributed by atoms with van der Waals surface area (Å²) in [5, 5.41) is 12.7. The van der Waals surface area contributed by atoms with Crippen LogP contribution in [-0.4, -0.2) is 45.4 Å². The molecule has 0 unspecified atom stereocenters. The van der Waals surface area contributed by atoms with Crippen LogP contribution in [0, 0.1) is 18.3 Å². The van der Waals surface area contributed by atoms with Crippen LogP contribution < -0.4 is 5.32 Å². The van der Waals surface area contributed by atoms with E-state index < -0.39 is 0 Å². The molecular weight excluding hydrogens is 384 g/mol. The lowest BCUT2D eigenvalue weighted by Gasteiger charge is -2.20. The van der Waals surface area contributed by atoms with E-state index in [-0.39, 0.29) is 0 Å². The van der Waals surface area contributed by atoms with Crippen LogP contribution in [0.4, 0.5) is 0 Å². The summed E-state index contributed by atoms with van der Waals surface area (Å²) in [4.78, 5) is 10.9. The second-order valence-corrected chi connectivity index (χ2v) is 8.18. The highest BCUT2D eigenvalue weighted by molar-refractivity contribution is 5.69. The molecule has 5 rings (SSSR count). The number of pyridine rings is 1. The molecule has 4 aromatic rings. The normalized spacial score (nSPS) is 15.1. The van der Waals surface area contributed by atoms with Crippen LogP contribution in [0.5, 0.6) is 0 Å². The fraction of sp³-hybridized carbons (Fsp3) is 0.280. The van der Waals surface area contributed by atoms with E-state index in [0.717, 1.165) is 73.0 Å². The maximum absolute atomic E-state index is 9.17. The van der Waals surface area contributed by atoms with E-state index >= 15 is 0 Å². The summed E-state index contributed by atoms with van der Waals surface area (Å²) < 4.78 is 2.23. The van der Waals surface area contributed by atoms with Crippen LogP contribution in [0.1, 0.15) is 23.4 Å². The van der Waals surface area contributed by atoms with Gasteiger partial charge in [0, 0.05) is 48.3 Å². The Kier molecular flexibility index (Phi) is 5.29. The lowest BCUT2D eigenvalue weighted by Crippen LogP contribution is -2.28. The Bertz CT molecular complexity index is 1230. The first-order valence-corrected chi connectivity index (χ1v) is 10.8. The maximum Gasteiger partial charge on any atom is 0.137 e. The molecule has 0 radical (unpaired) electrons. The van der Waals surface area contributed by atoms with Crippen molar-refractivity contribution in [1.29, 1.82) is 5.26 Å². The van der Waals surface area contributed by atoms with Gasteiger partial charge >= 0.3 is 0 Å². The fourth-order valence-electron chi connectivity index (χ4n) is 4.28. The van der Waals surface area contributed by atoms with Crippen molar-refractivity contribution >= 4 is 5.65 Å². The number of nitrogens with zero attached hydrogens (tertiary/aromatic N) is 4. The highest BCUT2D eigenvalue weighted by Crippen LogP contribution is 2.28. The van der Waals surface area contributed by atoms with Gasteiger partial charge in [0.15, 0.2) is 0 Å². The number of hydrogen-bond donors (Lipinski definition) is 2. The summed E-state index contributed by atoms with van der Waals surface area (Å²) in [5.41, 5.74) is 8.22. The van der Waals surface area contributed by atoms with E-state index in [1.807, 2.05) is 24.3 Å². The molecule has 4 heterocycles. The van der Waals surface area contributed by atoms with Gasteiger partial charge in [0.1, 0.15) is 5.65 Å². The molecule has 1 aromatic carbocycles. The molecule has 6 nitrogen and oxygen atoms in total. The van der Waals surface area contributed by atoms with E-state index in [2.05, 4.69) is 63.1 Å². The van der Waals surface area contributed by atoms with E-state index in [0.29, 0.717) is 5.56 Å². The summed E-state index contributed by atoms with van der Waals surface area (Å²) >= 11 is 0. The summed E-state index contributed by atoms with van der Waals surface area (Å²) in [7, 11) is 0. The van der Waals surface area contributed by atoms with Crippen LogP contribution >= 0.6 is 0 Å². The van der Waals surface area contributed by atoms with Gasteiger partial charge in [0.25, 0.3) is 0 Å². The zero-order valence-electron chi connectivity index (χ0n) is 17.7. The van der Waals surface area contributed by atoms with Gasteiger partial charge in [-0.05, 0) is 62.8 Å². The van der Waals surface area contributed by atoms with Crippen LogP contribution in [0.15, 0.2) is 54.7 Å². The van der Waals surface area contributed by atoms with Crippen LogP contribution in [-0.2, 0) is 6.54 Å². The van der Waals surface area contributed by atoms with Crippen molar-refractivity contribution in [3.63, 3.8) is 0 Å². The number of aryl methyl sites for hydroxylation is 1. The fourth-order valence-corrected chi connectivity index (χ4v) is 4.28. The Morgan fingerprint density at radius 1 is 1.00 bits per heavy atom. The Morgan fingerprint density at radius 3 is 2.61 bits per heavy atom. The molecule has 1 saturated heterocycles. The molecule has 31 heavy (non-hydrogen) atoms. The molecule has 6 heteroatoms. The minimum Gasteiger partial charge on any atom is -0.359 e. The second kappa shape index (κ2) is 8.38.